The van der Waals surface area contributed by atoms with E-state index in [0.717, 1.165) is 38.5 Å². The molecular weight excluding hydrogens is 300 g/mol. The predicted octanol–water partition coefficient (Wildman–Crippen LogP) is 3.69. The first-order valence-electron chi connectivity index (χ1n) is 9.71. The number of hydrogen-bond acceptors (Lipinski definition) is 3. The molecule has 4 aliphatic carbocycles. The van der Waals surface area contributed by atoms with E-state index >= 15 is 0 Å². The molecule has 3 heteroatoms. The van der Waals surface area contributed by atoms with Crippen LogP contribution in [0.5, 0.6) is 0 Å². The van der Waals surface area contributed by atoms with Crippen molar-refractivity contribution < 1.29 is 14.7 Å². The Balaban J connectivity index is 1.70. The van der Waals surface area contributed by atoms with Crippen molar-refractivity contribution in [3.05, 3.63) is 11.6 Å². The summed E-state index contributed by atoms with van der Waals surface area (Å²) in [5, 5.41) is 10.8. The van der Waals surface area contributed by atoms with E-state index in [-0.39, 0.29) is 29.0 Å². The standard InChI is InChI=1S/C21H30O3/c1-12(22)16-6-7-17-15-5-4-13-10-14(23)11-19(24)21(13,3)18(15)8-9-20(16,17)2/h10,15-19,24H,4-9,11H2,1-3H3/t15-,16+,17-,18-,19+,20+,21-/m0/s1. The molecule has 0 aromatic rings. The van der Waals surface area contributed by atoms with E-state index in [4.69, 9.17) is 0 Å². The normalized spacial score (nSPS) is 50.6. The summed E-state index contributed by atoms with van der Waals surface area (Å²) in [6, 6.07) is 0. The molecule has 0 unspecified atom stereocenters. The highest BCUT2D eigenvalue weighted by Crippen LogP contribution is 2.66. The Morgan fingerprint density at radius 3 is 2.62 bits per heavy atom. The molecule has 3 nitrogen and oxygen atoms in total. The number of carbonyl (C=O) groups is 2. The van der Waals surface area contributed by atoms with E-state index < -0.39 is 6.10 Å². The highest BCUT2D eigenvalue weighted by atomic mass is 16.3. The monoisotopic (exact) mass is 330 g/mol. The Morgan fingerprint density at radius 2 is 1.92 bits per heavy atom. The van der Waals surface area contributed by atoms with Crippen LogP contribution in [0.2, 0.25) is 0 Å². The molecule has 0 spiro atoms. The van der Waals surface area contributed by atoms with E-state index in [0.29, 0.717) is 23.5 Å². The van der Waals surface area contributed by atoms with Crippen molar-refractivity contribution in [2.24, 2.45) is 34.5 Å². The molecule has 0 heterocycles. The quantitative estimate of drug-likeness (QED) is 0.797. The van der Waals surface area contributed by atoms with Gasteiger partial charge >= 0.3 is 0 Å². The first kappa shape index (κ1) is 16.5. The third-order valence-corrected chi connectivity index (χ3v) is 8.56. The van der Waals surface area contributed by atoms with Crippen LogP contribution in [0.25, 0.3) is 0 Å². The number of ketones is 2. The van der Waals surface area contributed by atoms with Crippen molar-refractivity contribution in [2.45, 2.75) is 71.8 Å². The molecule has 4 rings (SSSR count). The lowest BCUT2D eigenvalue weighted by Gasteiger charge is -2.59. The fourth-order valence-electron chi connectivity index (χ4n) is 7.28. The van der Waals surface area contributed by atoms with Crippen molar-refractivity contribution in [3.63, 3.8) is 0 Å². The number of fused-ring (bicyclic) bond motifs is 5. The highest BCUT2D eigenvalue weighted by Gasteiger charge is 2.61. The van der Waals surface area contributed by atoms with Gasteiger partial charge in [-0.3, -0.25) is 9.59 Å². The first-order chi connectivity index (χ1) is 11.3. The fraction of sp³-hybridized carbons (Fsp3) is 0.810. The number of aliphatic hydroxyl groups is 1. The van der Waals surface area contributed by atoms with Gasteiger partial charge in [0.05, 0.1) is 6.10 Å². The second-order valence-corrected chi connectivity index (χ2v) is 9.34. The van der Waals surface area contributed by atoms with Gasteiger partial charge < -0.3 is 5.11 Å². The van der Waals surface area contributed by atoms with Crippen molar-refractivity contribution >= 4 is 11.6 Å². The number of Topliss-reactive ketones (excluding diaryl/α,β-unsaturated/α-hetero) is 1. The smallest absolute Gasteiger partial charge is 0.158 e. The average Bonchev–Trinajstić information content (AvgIpc) is 2.86. The Hall–Kier alpha value is -0.960. The summed E-state index contributed by atoms with van der Waals surface area (Å²) >= 11 is 0. The molecule has 3 saturated carbocycles. The van der Waals surface area contributed by atoms with Gasteiger partial charge in [-0.25, -0.2) is 0 Å². The largest absolute Gasteiger partial charge is 0.392 e. The average molecular weight is 330 g/mol. The molecular formula is C21H30O3. The minimum absolute atomic E-state index is 0.0894. The van der Waals surface area contributed by atoms with Crippen LogP contribution in [0, 0.1) is 34.5 Å². The maximum Gasteiger partial charge on any atom is 0.158 e. The first-order valence-corrected chi connectivity index (χ1v) is 9.71. The lowest BCUT2D eigenvalue weighted by molar-refractivity contribution is -0.134. The van der Waals surface area contributed by atoms with Gasteiger partial charge in [-0.05, 0) is 74.7 Å². The zero-order valence-electron chi connectivity index (χ0n) is 15.2. The molecule has 0 radical (unpaired) electrons. The zero-order chi connectivity index (χ0) is 17.3. The maximum absolute atomic E-state index is 12.2. The van der Waals surface area contributed by atoms with Crippen molar-refractivity contribution in [1.29, 1.82) is 0 Å². The molecule has 24 heavy (non-hydrogen) atoms. The zero-order valence-corrected chi connectivity index (χ0v) is 15.2. The molecule has 0 amide bonds. The van der Waals surface area contributed by atoms with Gasteiger partial charge in [-0.1, -0.05) is 19.4 Å². The minimum atomic E-state index is -0.535. The molecule has 0 saturated heterocycles. The van der Waals surface area contributed by atoms with Crippen LogP contribution in [-0.2, 0) is 9.59 Å². The van der Waals surface area contributed by atoms with E-state index in [1.807, 2.05) is 6.08 Å². The molecule has 1 N–H and O–H groups in total. The van der Waals surface area contributed by atoms with Gasteiger partial charge in [0.1, 0.15) is 5.78 Å². The second kappa shape index (κ2) is 5.27. The summed E-state index contributed by atoms with van der Waals surface area (Å²) in [5.74, 6) is 2.35. The van der Waals surface area contributed by atoms with Crippen LogP contribution in [0.4, 0.5) is 0 Å². The fourth-order valence-corrected chi connectivity index (χ4v) is 7.28. The molecule has 3 fully saturated rings. The molecule has 7 atom stereocenters. The Kier molecular flexibility index (Phi) is 3.62. The topological polar surface area (TPSA) is 54.4 Å². The number of rotatable bonds is 1. The van der Waals surface area contributed by atoms with Crippen LogP contribution in [-0.4, -0.2) is 22.8 Å². The number of carbonyl (C=O) groups excluding carboxylic acids is 2. The van der Waals surface area contributed by atoms with Gasteiger partial charge in [-0.15, -0.1) is 0 Å². The van der Waals surface area contributed by atoms with Gasteiger partial charge in [-0.2, -0.15) is 0 Å². The molecule has 0 aromatic carbocycles. The highest BCUT2D eigenvalue weighted by molar-refractivity contribution is 5.92. The van der Waals surface area contributed by atoms with E-state index in [9.17, 15) is 14.7 Å². The Morgan fingerprint density at radius 1 is 1.17 bits per heavy atom. The number of aliphatic hydroxyl groups excluding tert-OH is 1. The molecule has 0 aromatic heterocycles. The SMILES string of the molecule is CC(=O)[C@H]1CC[C@H]2[C@@H]3CCC4=CC(=O)C[C@@H](O)[C@]4(C)[C@H]3CC[C@]12C. The van der Waals surface area contributed by atoms with Crippen molar-refractivity contribution in [1.82, 2.24) is 0 Å². The van der Waals surface area contributed by atoms with Crippen molar-refractivity contribution in [3.8, 4) is 0 Å². The van der Waals surface area contributed by atoms with Gasteiger partial charge in [0, 0.05) is 17.8 Å². The minimum Gasteiger partial charge on any atom is -0.392 e. The van der Waals surface area contributed by atoms with Crippen LogP contribution in [0.15, 0.2) is 11.6 Å². The molecule has 132 valence electrons. The van der Waals surface area contributed by atoms with Crippen molar-refractivity contribution in [2.75, 3.05) is 0 Å². The molecule has 4 aliphatic rings. The summed E-state index contributed by atoms with van der Waals surface area (Å²) in [4.78, 5) is 24.1. The summed E-state index contributed by atoms with van der Waals surface area (Å²) in [6.07, 6.45) is 8.02. The second-order valence-electron chi connectivity index (χ2n) is 9.34. The lowest BCUT2D eigenvalue weighted by atomic mass is 9.46. The van der Waals surface area contributed by atoms with Gasteiger partial charge in [0.15, 0.2) is 5.78 Å². The number of hydrogen-bond donors (Lipinski definition) is 1. The van der Waals surface area contributed by atoms with E-state index in [2.05, 4.69) is 13.8 Å². The maximum atomic E-state index is 12.2. The Labute approximate surface area is 144 Å². The summed E-state index contributed by atoms with van der Waals surface area (Å²) < 4.78 is 0. The predicted molar refractivity (Wildman–Crippen MR) is 92.3 cm³/mol. The van der Waals surface area contributed by atoms with Gasteiger partial charge in [0.2, 0.25) is 0 Å². The third-order valence-electron chi connectivity index (χ3n) is 8.56. The van der Waals surface area contributed by atoms with E-state index in [1.54, 1.807) is 6.92 Å². The van der Waals surface area contributed by atoms with Crippen LogP contribution in [0.3, 0.4) is 0 Å². The van der Waals surface area contributed by atoms with Gasteiger partial charge in [0.25, 0.3) is 0 Å². The van der Waals surface area contributed by atoms with Crippen LogP contribution in [0.1, 0.15) is 65.7 Å². The molecule has 0 bridgehead atoms. The summed E-state index contributed by atoms with van der Waals surface area (Å²) in [7, 11) is 0. The van der Waals surface area contributed by atoms with E-state index in [1.165, 1.54) is 5.57 Å². The summed E-state index contributed by atoms with van der Waals surface area (Å²) in [6.45, 7) is 6.32. The Bertz CT molecular complexity index is 621. The molecule has 0 aliphatic heterocycles. The van der Waals surface area contributed by atoms with Crippen LogP contribution < -0.4 is 0 Å². The lowest BCUT2D eigenvalue weighted by Crippen LogP contribution is -2.55. The third kappa shape index (κ3) is 2.00. The summed E-state index contributed by atoms with van der Waals surface area (Å²) in [5.41, 5.74) is 1.11. The van der Waals surface area contributed by atoms with Crippen LogP contribution >= 0.6 is 0 Å².